The number of aromatic nitrogens is 1. The van der Waals surface area contributed by atoms with E-state index in [9.17, 15) is 9.59 Å². The summed E-state index contributed by atoms with van der Waals surface area (Å²) in [5.41, 5.74) is 0.335. The normalized spacial score (nSPS) is 11.0. The first kappa shape index (κ1) is 18.8. The lowest BCUT2D eigenvalue weighted by Crippen LogP contribution is -2.32. The molecule has 1 heterocycles. The van der Waals surface area contributed by atoms with Crippen LogP contribution in [0.4, 0.5) is 0 Å². The second-order valence-electron chi connectivity index (χ2n) is 6.47. The number of carbonyl (C=O) groups excluding carboxylic acids is 1. The van der Waals surface area contributed by atoms with Crippen LogP contribution in [0.2, 0.25) is 0 Å². The minimum atomic E-state index is -0.151. The fourth-order valence-electron chi connectivity index (χ4n) is 2.96. The van der Waals surface area contributed by atoms with Gasteiger partial charge in [0.15, 0.2) is 11.5 Å². The molecule has 0 aliphatic heterocycles. The van der Waals surface area contributed by atoms with Gasteiger partial charge in [0.05, 0.1) is 25.2 Å². The van der Waals surface area contributed by atoms with Crippen LogP contribution in [0.5, 0.6) is 11.5 Å². The molecule has 1 amide bonds. The Bertz CT molecular complexity index is 839. The highest BCUT2D eigenvalue weighted by Gasteiger charge is 2.20. The smallest absolute Gasteiger partial charge is 0.258 e. The van der Waals surface area contributed by atoms with Gasteiger partial charge in [-0.15, -0.1) is 0 Å². The number of hydrogen-bond donors (Lipinski definition) is 0. The van der Waals surface area contributed by atoms with Crippen molar-refractivity contribution in [3.05, 3.63) is 34.2 Å². The summed E-state index contributed by atoms with van der Waals surface area (Å²) in [5.74, 6) is 1.19. The highest BCUT2D eigenvalue weighted by molar-refractivity contribution is 6.07. The third-order valence-electron chi connectivity index (χ3n) is 4.15. The van der Waals surface area contributed by atoms with Gasteiger partial charge in [-0.1, -0.05) is 13.8 Å². The zero-order valence-corrected chi connectivity index (χ0v) is 15.8. The van der Waals surface area contributed by atoms with Crippen molar-refractivity contribution in [3.63, 3.8) is 0 Å². The number of fused-ring (bicyclic) bond motifs is 1. The number of carbonyl (C=O) groups is 1. The van der Waals surface area contributed by atoms with Gasteiger partial charge in [-0.2, -0.15) is 0 Å². The van der Waals surface area contributed by atoms with Crippen molar-refractivity contribution in [3.8, 4) is 11.5 Å². The van der Waals surface area contributed by atoms with Crippen molar-refractivity contribution < 1.29 is 14.3 Å². The van der Waals surface area contributed by atoms with Crippen LogP contribution >= 0.6 is 0 Å². The van der Waals surface area contributed by atoms with E-state index >= 15 is 0 Å². The van der Waals surface area contributed by atoms with Gasteiger partial charge in [-0.25, -0.2) is 0 Å². The van der Waals surface area contributed by atoms with E-state index in [1.807, 2.05) is 6.92 Å². The molecule has 0 fully saturated rings. The van der Waals surface area contributed by atoms with Crippen LogP contribution in [0.25, 0.3) is 10.8 Å². The van der Waals surface area contributed by atoms with E-state index in [0.29, 0.717) is 46.8 Å². The van der Waals surface area contributed by atoms with Crippen LogP contribution < -0.4 is 15.0 Å². The highest BCUT2D eigenvalue weighted by atomic mass is 16.5. The third kappa shape index (κ3) is 3.62. The number of nitrogens with zero attached hydrogens (tertiary/aromatic N) is 2. The zero-order valence-electron chi connectivity index (χ0n) is 15.8. The number of methoxy groups -OCH3 is 2. The molecule has 0 bridgehead atoms. The second kappa shape index (κ2) is 7.59. The van der Waals surface area contributed by atoms with E-state index in [1.165, 1.54) is 14.2 Å². The molecule has 2 rings (SSSR count). The molecule has 6 heteroatoms. The van der Waals surface area contributed by atoms with Crippen molar-refractivity contribution in [2.24, 2.45) is 5.92 Å². The number of ether oxygens (including phenoxy) is 2. The maximum Gasteiger partial charge on any atom is 0.258 e. The Labute approximate surface area is 148 Å². The lowest BCUT2D eigenvalue weighted by atomic mass is 10.0. The molecule has 1 aromatic carbocycles. The predicted octanol–water partition coefficient (Wildman–Crippen LogP) is 2.77. The van der Waals surface area contributed by atoms with Crippen LogP contribution in [-0.4, -0.2) is 43.2 Å². The predicted molar refractivity (Wildman–Crippen MR) is 98.8 cm³/mol. The number of aryl methyl sites for hydroxylation is 1. The minimum Gasteiger partial charge on any atom is -0.493 e. The largest absolute Gasteiger partial charge is 0.493 e. The van der Waals surface area contributed by atoms with Gasteiger partial charge >= 0.3 is 0 Å². The number of amides is 1. The van der Waals surface area contributed by atoms with Gasteiger partial charge in [-0.3, -0.25) is 9.59 Å². The number of rotatable bonds is 6. The molecule has 6 nitrogen and oxygen atoms in total. The molecule has 0 N–H and O–H groups in total. The molecule has 0 spiro atoms. The molecule has 0 unspecified atom stereocenters. The SMILES string of the molecule is CCn1cc(C(=O)N(C)CC(C)C)c2cc(OC)c(OC)cc2c1=O. The molecule has 2 aromatic rings. The lowest BCUT2D eigenvalue weighted by molar-refractivity contribution is 0.0780. The van der Waals surface area contributed by atoms with Crippen LogP contribution in [-0.2, 0) is 6.54 Å². The topological polar surface area (TPSA) is 60.8 Å². The molecule has 0 saturated heterocycles. The van der Waals surface area contributed by atoms with Gasteiger partial charge in [0, 0.05) is 31.7 Å². The summed E-state index contributed by atoms with van der Waals surface area (Å²) < 4.78 is 12.2. The van der Waals surface area contributed by atoms with Gasteiger partial charge in [0.1, 0.15) is 0 Å². The Balaban J connectivity index is 2.76. The van der Waals surface area contributed by atoms with Gasteiger partial charge in [0.25, 0.3) is 11.5 Å². The first-order chi connectivity index (χ1) is 11.8. The molecular formula is C19H26N2O4. The first-order valence-electron chi connectivity index (χ1n) is 8.38. The summed E-state index contributed by atoms with van der Waals surface area (Å²) in [7, 11) is 4.83. The Hall–Kier alpha value is -2.50. The first-order valence-corrected chi connectivity index (χ1v) is 8.38. The van der Waals surface area contributed by atoms with E-state index < -0.39 is 0 Å². The van der Waals surface area contributed by atoms with Gasteiger partial charge in [-0.05, 0) is 25.0 Å². The van der Waals surface area contributed by atoms with Crippen LogP contribution in [0.15, 0.2) is 23.1 Å². The van der Waals surface area contributed by atoms with E-state index in [0.717, 1.165) is 0 Å². The second-order valence-corrected chi connectivity index (χ2v) is 6.47. The number of pyridine rings is 1. The van der Waals surface area contributed by atoms with E-state index in [2.05, 4.69) is 13.8 Å². The van der Waals surface area contributed by atoms with E-state index in [4.69, 9.17) is 9.47 Å². The summed E-state index contributed by atoms with van der Waals surface area (Å²) in [6, 6.07) is 3.34. The standard InChI is InChI=1S/C19H26N2O4/c1-7-21-11-15(18(22)20(4)10-12(2)3)13-8-16(24-5)17(25-6)9-14(13)19(21)23/h8-9,11-12H,7,10H2,1-6H3. The van der Waals surface area contributed by atoms with Crippen molar-refractivity contribution in [1.82, 2.24) is 9.47 Å². The Morgan fingerprint density at radius 1 is 1.16 bits per heavy atom. The Morgan fingerprint density at radius 2 is 1.72 bits per heavy atom. The quantitative estimate of drug-likeness (QED) is 0.807. The molecule has 0 aliphatic carbocycles. The average Bonchev–Trinajstić information content (AvgIpc) is 2.59. The maximum atomic E-state index is 13.0. The molecule has 136 valence electrons. The van der Waals surface area contributed by atoms with Crippen LogP contribution in [0.3, 0.4) is 0 Å². The van der Waals surface area contributed by atoms with Crippen LogP contribution in [0.1, 0.15) is 31.1 Å². The monoisotopic (exact) mass is 346 g/mol. The van der Waals surface area contributed by atoms with Crippen molar-refractivity contribution >= 4 is 16.7 Å². The highest BCUT2D eigenvalue weighted by Crippen LogP contribution is 2.32. The molecule has 0 atom stereocenters. The molecule has 0 radical (unpaired) electrons. The molecule has 25 heavy (non-hydrogen) atoms. The Morgan fingerprint density at radius 3 is 2.20 bits per heavy atom. The fourth-order valence-corrected chi connectivity index (χ4v) is 2.96. The summed E-state index contributed by atoms with van der Waals surface area (Å²) in [6.07, 6.45) is 1.63. The van der Waals surface area contributed by atoms with Crippen molar-refractivity contribution in [1.29, 1.82) is 0 Å². The van der Waals surface area contributed by atoms with Crippen LogP contribution in [0, 0.1) is 5.92 Å². The molecule has 1 aromatic heterocycles. The summed E-state index contributed by atoms with van der Waals surface area (Å²) in [5, 5.41) is 1.02. The van der Waals surface area contributed by atoms with Gasteiger partial charge < -0.3 is 18.9 Å². The third-order valence-corrected chi connectivity index (χ3v) is 4.15. The average molecular weight is 346 g/mol. The molecule has 0 saturated carbocycles. The molecular weight excluding hydrogens is 320 g/mol. The fraction of sp³-hybridized carbons (Fsp3) is 0.474. The summed E-state index contributed by atoms with van der Waals surface area (Å²) in [6.45, 7) is 7.11. The number of hydrogen-bond acceptors (Lipinski definition) is 4. The van der Waals surface area contributed by atoms with Gasteiger partial charge in [0.2, 0.25) is 0 Å². The minimum absolute atomic E-state index is 0.117. The van der Waals surface area contributed by atoms with Crippen molar-refractivity contribution in [2.75, 3.05) is 27.8 Å². The van der Waals surface area contributed by atoms with E-state index in [1.54, 1.807) is 34.8 Å². The number of benzene rings is 1. The maximum absolute atomic E-state index is 13.0. The zero-order chi connectivity index (χ0) is 18.7. The van der Waals surface area contributed by atoms with E-state index in [-0.39, 0.29) is 11.5 Å². The lowest BCUT2D eigenvalue weighted by Gasteiger charge is -2.21. The Kier molecular flexibility index (Phi) is 5.72. The summed E-state index contributed by atoms with van der Waals surface area (Å²) >= 11 is 0. The summed E-state index contributed by atoms with van der Waals surface area (Å²) in [4.78, 5) is 27.3. The molecule has 0 aliphatic rings. The van der Waals surface area contributed by atoms with Crippen molar-refractivity contribution in [2.45, 2.75) is 27.3 Å².